The van der Waals surface area contributed by atoms with Gasteiger partial charge in [0, 0.05) is 11.8 Å². The molecule has 0 aromatic carbocycles. The topological polar surface area (TPSA) is 56.3 Å². The predicted molar refractivity (Wildman–Crippen MR) is 64.1 cm³/mol. The van der Waals surface area contributed by atoms with Crippen molar-refractivity contribution in [2.45, 2.75) is 20.3 Å². The van der Waals surface area contributed by atoms with Crippen molar-refractivity contribution in [1.29, 1.82) is 0 Å². The van der Waals surface area contributed by atoms with Gasteiger partial charge in [-0.15, -0.1) is 0 Å². The summed E-state index contributed by atoms with van der Waals surface area (Å²) in [5.41, 5.74) is 1.06. The van der Waals surface area contributed by atoms with Crippen LogP contribution < -0.4 is 0 Å². The SMILES string of the molecule is CCOC(=O)C/C(=C/c1ccccn1)C(C)=O. The molecule has 0 aliphatic heterocycles. The Labute approximate surface area is 100 Å². The molecule has 90 valence electrons. The lowest BCUT2D eigenvalue weighted by atomic mass is 10.1. The number of nitrogens with zero attached hydrogens (tertiary/aromatic N) is 1. The van der Waals surface area contributed by atoms with E-state index in [1.54, 1.807) is 31.3 Å². The van der Waals surface area contributed by atoms with E-state index in [0.29, 0.717) is 17.9 Å². The number of rotatable bonds is 5. The number of Topliss-reactive ketones (excluding diaryl/α,β-unsaturated/α-hetero) is 1. The molecule has 0 N–H and O–H groups in total. The Bertz CT molecular complexity index is 424. The Morgan fingerprint density at radius 1 is 1.41 bits per heavy atom. The molecule has 0 bridgehead atoms. The quantitative estimate of drug-likeness (QED) is 0.576. The lowest BCUT2D eigenvalue weighted by Gasteiger charge is -2.03. The van der Waals surface area contributed by atoms with E-state index in [9.17, 15) is 9.59 Å². The van der Waals surface area contributed by atoms with Crippen molar-refractivity contribution in [2.24, 2.45) is 0 Å². The first-order valence-electron chi connectivity index (χ1n) is 5.41. The van der Waals surface area contributed by atoms with E-state index in [2.05, 4.69) is 4.98 Å². The van der Waals surface area contributed by atoms with Crippen LogP contribution in [-0.4, -0.2) is 23.3 Å². The second-order valence-corrected chi connectivity index (χ2v) is 3.46. The number of pyridine rings is 1. The second kappa shape index (κ2) is 6.58. The van der Waals surface area contributed by atoms with E-state index in [1.807, 2.05) is 6.07 Å². The summed E-state index contributed by atoms with van der Waals surface area (Å²) >= 11 is 0. The molecule has 0 aliphatic rings. The van der Waals surface area contributed by atoms with Crippen molar-refractivity contribution < 1.29 is 14.3 Å². The average Bonchev–Trinajstić information content (AvgIpc) is 2.29. The van der Waals surface area contributed by atoms with Crippen molar-refractivity contribution in [2.75, 3.05) is 6.61 Å². The highest BCUT2D eigenvalue weighted by molar-refractivity contribution is 6.01. The standard InChI is InChI=1S/C13H15NO3/c1-3-17-13(16)9-11(10(2)15)8-12-6-4-5-7-14-12/h4-8H,3,9H2,1-2H3/b11-8-. The molecule has 1 aromatic rings. The molecule has 0 saturated heterocycles. The van der Waals surface area contributed by atoms with Gasteiger partial charge in [-0.25, -0.2) is 0 Å². The van der Waals surface area contributed by atoms with Gasteiger partial charge >= 0.3 is 5.97 Å². The molecule has 17 heavy (non-hydrogen) atoms. The van der Waals surface area contributed by atoms with Crippen LogP contribution in [0.25, 0.3) is 6.08 Å². The van der Waals surface area contributed by atoms with E-state index < -0.39 is 5.97 Å². The van der Waals surface area contributed by atoms with Crippen LogP contribution in [0, 0.1) is 0 Å². The molecular formula is C13H15NO3. The molecule has 1 rings (SSSR count). The van der Waals surface area contributed by atoms with E-state index in [0.717, 1.165) is 0 Å². The number of esters is 1. The summed E-state index contributed by atoms with van der Waals surface area (Å²) in [4.78, 5) is 26.8. The van der Waals surface area contributed by atoms with Crippen molar-refractivity contribution in [3.8, 4) is 0 Å². The highest BCUT2D eigenvalue weighted by atomic mass is 16.5. The molecule has 0 unspecified atom stereocenters. The molecule has 0 radical (unpaired) electrons. The van der Waals surface area contributed by atoms with E-state index in [-0.39, 0.29) is 12.2 Å². The minimum atomic E-state index is -0.398. The van der Waals surface area contributed by atoms with Crippen molar-refractivity contribution >= 4 is 17.8 Å². The first kappa shape index (κ1) is 13.1. The predicted octanol–water partition coefficient (Wildman–Crippen LogP) is 2.01. The summed E-state index contributed by atoms with van der Waals surface area (Å²) in [5, 5.41) is 0. The van der Waals surface area contributed by atoms with Gasteiger partial charge < -0.3 is 4.74 Å². The minimum absolute atomic E-state index is 0.0141. The molecule has 0 fully saturated rings. The molecule has 0 spiro atoms. The Hall–Kier alpha value is -1.97. The third-order valence-corrected chi connectivity index (χ3v) is 2.10. The number of hydrogen-bond acceptors (Lipinski definition) is 4. The van der Waals surface area contributed by atoms with Gasteiger partial charge in [-0.2, -0.15) is 0 Å². The summed E-state index contributed by atoms with van der Waals surface area (Å²) in [6.07, 6.45) is 3.23. The Morgan fingerprint density at radius 2 is 2.18 bits per heavy atom. The summed E-state index contributed by atoms with van der Waals surface area (Å²) in [6, 6.07) is 5.38. The number of ether oxygens (including phenoxy) is 1. The Kier molecular flexibility index (Phi) is 5.07. The van der Waals surface area contributed by atoms with E-state index in [1.165, 1.54) is 6.92 Å². The molecule has 0 atom stereocenters. The fraction of sp³-hybridized carbons (Fsp3) is 0.308. The van der Waals surface area contributed by atoms with Gasteiger partial charge in [0.15, 0.2) is 5.78 Å². The van der Waals surface area contributed by atoms with E-state index in [4.69, 9.17) is 4.74 Å². The number of hydrogen-bond donors (Lipinski definition) is 0. The molecule has 1 aromatic heterocycles. The maximum absolute atomic E-state index is 11.4. The van der Waals surface area contributed by atoms with Gasteiger partial charge in [0.05, 0.1) is 18.7 Å². The zero-order chi connectivity index (χ0) is 12.7. The van der Waals surface area contributed by atoms with Crippen LogP contribution in [-0.2, 0) is 14.3 Å². The zero-order valence-electron chi connectivity index (χ0n) is 9.97. The molecule has 4 nitrogen and oxygen atoms in total. The summed E-state index contributed by atoms with van der Waals surface area (Å²) in [6.45, 7) is 3.47. The van der Waals surface area contributed by atoms with Crippen LogP contribution in [0.4, 0.5) is 0 Å². The molecular weight excluding hydrogens is 218 g/mol. The van der Waals surface area contributed by atoms with Gasteiger partial charge in [-0.05, 0) is 32.1 Å². The van der Waals surface area contributed by atoms with Gasteiger partial charge in [0.2, 0.25) is 0 Å². The fourth-order valence-electron chi connectivity index (χ4n) is 1.28. The van der Waals surface area contributed by atoms with Gasteiger partial charge in [-0.3, -0.25) is 14.6 Å². The lowest BCUT2D eigenvalue weighted by Crippen LogP contribution is -2.09. The first-order valence-corrected chi connectivity index (χ1v) is 5.41. The maximum atomic E-state index is 11.4. The van der Waals surface area contributed by atoms with Crippen LogP contribution in [0.5, 0.6) is 0 Å². The van der Waals surface area contributed by atoms with Gasteiger partial charge in [0.25, 0.3) is 0 Å². The Morgan fingerprint density at radius 3 is 2.71 bits per heavy atom. The smallest absolute Gasteiger partial charge is 0.310 e. The first-order chi connectivity index (χ1) is 8.13. The van der Waals surface area contributed by atoms with Crippen LogP contribution in [0.1, 0.15) is 26.0 Å². The lowest BCUT2D eigenvalue weighted by molar-refractivity contribution is -0.142. The number of carbonyl (C=O) groups excluding carboxylic acids is 2. The number of aromatic nitrogens is 1. The van der Waals surface area contributed by atoms with Crippen molar-refractivity contribution in [3.63, 3.8) is 0 Å². The molecule has 0 amide bonds. The van der Waals surface area contributed by atoms with Crippen LogP contribution in [0.15, 0.2) is 30.0 Å². The zero-order valence-corrected chi connectivity index (χ0v) is 9.97. The van der Waals surface area contributed by atoms with Gasteiger partial charge in [-0.1, -0.05) is 6.07 Å². The summed E-state index contributed by atoms with van der Waals surface area (Å²) < 4.78 is 4.81. The molecule has 0 saturated carbocycles. The highest BCUT2D eigenvalue weighted by Gasteiger charge is 2.11. The second-order valence-electron chi connectivity index (χ2n) is 3.46. The highest BCUT2D eigenvalue weighted by Crippen LogP contribution is 2.10. The number of ketones is 1. The van der Waals surface area contributed by atoms with Crippen molar-refractivity contribution in [3.05, 3.63) is 35.7 Å². The molecule has 4 heteroatoms. The minimum Gasteiger partial charge on any atom is -0.466 e. The summed E-state index contributed by atoms with van der Waals surface area (Å²) in [7, 11) is 0. The average molecular weight is 233 g/mol. The van der Waals surface area contributed by atoms with Crippen LogP contribution >= 0.6 is 0 Å². The summed E-state index contributed by atoms with van der Waals surface area (Å²) in [5.74, 6) is -0.548. The Balaban J connectivity index is 2.83. The van der Waals surface area contributed by atoms with Crippen LogP contribution in [0.3, 0.4) is 0 Å². The molecule has 0 aliphatic carbocycles. The van der Waals surface area contributed by atoms with Crippen LogP contribution in [0.2, 0.25) is 0 Å². The maximum Gasteiger partial charge on any atom is 0.310 e. The monoisotopic (exact) mass is 233 g/mol. The normalized spacial score (nSPS) is 11.1. The van der Waals surface area contributed by atoms with Crippen molar-refractivity contribution in [1.82, 2.24) is 4.98 Å². The fourth-order valence-corrected chi connectivity index (χ4v) is 1.28. The largest absolute Gasteiger partial charge is 0.466 e. The third-order valence-electron chi connectivity index (χ3n) is 2.10. The molecule has 1 heterocycles. The number of carbonyl (C=O) groups is 2. The van der Waals surface area contributed by atoms with Gasteiger partial charge in [0.1, 0.15) is 0 Å². The van der Waals surface area contributed by atoms with E-state index >= 15 is 0 Å². The third kappa shape index (κ3) is 4.59.